The van der Waals surface area contributed by atoms with Crippen LogP contribution in [0.15, 0.2) is 30.3 Å². The lowest BCUT2D eigenvalue weighted by molar-refractivity contribution is -0.0656. The van der Waals surface area contributed by atoms with Crippen LogP contribution in [0.2, 0.25) is 0 Å². The molecular formula is C16H24O3. The Kier molecular flexibility index (Phi) is 5.83. The zero-order chi connectivity index (χ0) is 13.5. The molecule has 1 saturated heterocycles. The average molecular weight is 264 g/mol. The van der Waals surface area contributed by atoms with Crippen LogP contribution in [0, 0.1) is 5.92 Å². The van der Waals surface area contributed by atoms with Crippen LogP contribution in [0.1, 0.15) is 37.9 Å². The Morgan fingerprint density at radius 2 is 1.95 bits per heavy atom. The molecule has 2 atom stereocenters. The maximum atomic E-state index is 10.4. The van der Waals surface area contributed by atoms with Crippen molar-refractivity contribution in [2.75, 3.05) is 19.8 Å². The highest BCUT2D eigenvalue weighted by molar-refractivity contribution is 5.18. The van der Waals surface area contributed by atoms with Gasteiger partial charge in [0, 0.05) is 13.2 Å². The minimum Gasteiger partial charge on any atom is -0.386 e. The Morgan fingerprint density at radius 1 is 1.26 bits per heavy atom. The van der Waals surface area contributed by atoms with Gasteiger partial charge in [-0.1, -0.05) is 37.3 Å². The van der Waals surface area contributed by atoms with E-state index in [0.29, 0.717) is 5.92 Å². The van der Waals surface area contributed by atoms with Gasteiger partial charge in [-0.05, 0) is 30.7 Å². The van der Waals surface area contributed by atoms with E-state index in [1.165, 1.54) is 0 Å². The SMILES string of the molecule is CCC(OCC1CCOCC1)C(O)c1ccccc1. The van der Waals surface area contributed by atoms with Crippen LogP contribution in [0.4, 0.5) is 0 Å². The van der Waals surface area contributed by atoms with Gasteiger partial charge in [0.25, 0.3) is 0 Å². The largest absolute Gasteiger partial charge is 0.386 e. The predicted molar refractivity (Wildman–Crippen MR) is 75.0 cm³/mol. The van der Waals surface area contributed by atoms with Crippen LogP contribution >= 0.6 is 0 Å². The summed E-state index contributed by atoms with van der Waals surface area (Å²) in [7, 11) is 0. The van der Waals surface area contributed by atoms with Crippen molar-refractivity contribution in [2.24, 2.45) is 5.92 Å². The highest BCUT2D eigenvalue weighted by Gasteiger charge is 2.22. The van der Waals surface area contributed by atoms with Gasteiger partial charge in [0.05, 0.1) is 12.7 Å². The molecule has 0 radical (unpaired) electrons. The highest BCUT2D eigenvalue weighted by atomic mass is 16.5. The van der Waals surface area contributed by atoms with Crippen molar-refractivity contribution in [2.45, 2.75) is 38.4 Å². The summed E-state index contributed by atoms with van der Waals surface area (Å²) in [6.45, 7) is 4.46. The topological polar surface area (TPSA) is 38.7 Å². The van der Waals surface area contributed by atoms with Crippen molar-refractivity contribution in [1.29, 1.82) is 0 Å². The maximum Gasteiger partial charge on any atom is 0.105 e. The molecule has 0 aromatic heterocycles. The molecule has 0 saturated carbocycles. The van der Waals surface area contributed by atoms with Gasteiger partial charge in [0.1, 0.15) is 6.10 Å². The Balaban J connectivity index is 1.85. The number of hydrogen-bond donors (Lipinski definition) is 1. The molecular weight excluding hydrogens is 240 g/mol. The molecule has 106 valence electrons. The van der Waals surface area contributed by atoms with Crippen LogP contribution in [0.3, 0.4) is 0 Å². The number of benzene rings is 1. The van der Waals surface area contributed by atoms with E-state index < -0.39 is 6.10 Å². The number of aliphatic hydroxyl groups excluding tert-OH is 1. The Bertz CT molecular complexity index is 346. The van der Waals surface area contributed by atoms with Gasteiger partial charge in [0.2, 0.25) is 0 Å². The molecule has 0 amide bonds. The first kappa shape index (κ1) is 14.5. The molecule has 1 aliphatic rings. The van der Waals surface area contributed by atoms with Crippen molar-refractivity contribution in [1.82, 2.24) is 0 Å². The van der Waals surface area contributed by atoms with Crippen molar-refractivity contribution < 1.29 is 14.6 Å². The van der Waals surface area contributed by atoms with Gasteiger partial charge in [-0.25, -0.2) is 0 Å². The van der Waals surface area contributed by atoms with E-state index in [1.807, 2.05) is 30.3 Å². The van der Waals surface area contributed by atoms with Gasteiger partial charge in [-0.3, -0.25) is 0 Å². The summed E-state index contributed by atoms with van der Waals surface area (Å²) in [4.78, 5) is 0. The highest BCUT2D eigenvalue weighted by Crippen LogP contribution is 2.23. The van der Waals surface area contributed by atoms with Crippen LogP contribution in [0.25, 0.3) is 0 Å². The molecule has 1 fully saturated rings. The summed E-state index contributed by atoms with van der Waals surface area (Å²) < 4.78 is 11.3. The predicted octanol–water partition coefficient (Wildman–Crippen LogP) is 2.94. The first-order chi connectivity index (χ1) is 9.31. The molecule has 2 unspecified atom stereocenters. The zero-order valence-electron chi connectivity index (χ0n) is 11.6. The van der Waals surface area contributed by atoms with Gasteiger partial charge in [-0.15, -0.1) is 0 Å². The molecule has 19 heavy (non-hydrogen) atoms. The van der Waals surface area contributed by atoms with E-state index in [9.17, 15) is 5.11 Å². The minimum absolute atomic E-state index is 0.120. The third-order valence-corrected chi connectivity index (χ3v) is 3.78. The fourth-order valence-corrected chi connectivity index (χ4v) is 2.47. The van der Waals surface area contributed by atoms with Crippen LogP contribution in [-0.2, 0) is 9.47 Å². The lowest BCUT2D eigenvalue weighted by Crippen LogP contribution is -2.27. The van der Waals surface area contributed by atoms with E-state index in [2.05, 4.69) is 6.92 Å². The van der Waals surface area contributed by atoms with E-state index in [4.69, 9.17) is 9.47 Å². The van der Waals surface area contributed by atoms with Crippen LogP contribution < -0.4 is 0 Å². The Morgan fingerprint density at radius 3 is 2.58 bits per heavy atom. The van der Waals surface area contributed by atoms with E-state index in [-0.39, 0.29) is 6.10 Å². The maximum absolute atomic E-state index is 10.4. The summed E-state index contributed by atoms with van der Waals surface area (Å²) in [6.07, 6.45) is 2.30. The van der Waals surface area contributed by atoms with Crippen molar-refractivity contribution in [3.63, 3.8) is 0 Å². The standard InChI is InChI=1S/C16H24O3/c1-2-15(16(17)14-6-4-3-5-7-14)19-12-13-8-10-18-11-9-13/h3-7,13,15-17H,2,8-12H2,1H3. The molecule has 0 bridgehead atoms. The molecule has 2 rings (SSSR count). The van der Waals surface area contributed by atoms with Crippen molar-refractivity contribution in [3.8, 4) is 0 Å². The molecule has 0 aliphatic carbocycles. The van der Waals surface area contributed by atoms with Gasteiger partial charge in [-0.2, -0.15) is 0 Å². The fraction of sp³-hybridized carbons (Fsp3) is 0.625. The summed E-state index contributed by atoms with van der Waals surface area (Å²) >= 11 is 0. The molecule has 0 spiro atoms. The molecule has 1 heterocycles. The molecule has 3 heteroatoms. The van der Waals surface area contributed by atoms with Crippen molar-refractivity contribution >= 4 is 0 Å². The number of aliphatic hydroxyl groups is 1. The fourth-order valence-electron chi connectivity index (χ4n) is 2.47. The third kappa shape index (κ3) is 4.30. The second-order valence-electron chi connectivity index (χ2n) is 5.19. The lowest BCUT2D eigenvalue weighted by atomic mass is 10.00. The van der Waals surface area contributed by atoms with Crippen LogP contribution in [0.5, 0.6) is 0 Å². The van der Waals surface area contributed by atoms with E-state index in [1.54, 1.807) is 0 Å². The molecule has 1 N–H and O–H groups in total. The van der Waals surface area contributed by atoms with Crippen LogP contribution in [-0.4, -0.2) is 31.0 Å². The quantitative estimate of drug-likeness (QED) is 0.858. The molecule has 1 aliphatic heterocycles. The number of ether oxygens (including phenoxy) is 2. The van der Waals surface area contributed by atoms with Crippen molar-refractivity contribution in [3.05, 3.63) is 35.9 Å². The average Bonchev–Trinajstić information content (AvgIpc) is 2.49. The molecule has 1 aromatic rings. The summed E-state index contributed by atoms with van der Waals surface area (Å²) in [5, 5.41) is 10.4. The molecule has 3 nitrogen and oxygen atoms in total. The third-order valence-electron chi connectivity index (χ3n) is 3.78. The second-order valence-corrected chi connectivity index (χ2v) is 5.19. The Labute approximate surface area is 115 Å². The zero-order valence-corrected chi connectivity index (χ0v) is 11.6. The monoisotopic (exact) mass is 264 g/mol. The Hall–Kier alpha value is -0.900. The second kappa shape index (κ2) is 7.63. The number of hydrogen-bond acceptors (Lipinski definition) is 3. The number of rotatable bonds is 6. The van der Waals surface area contributed by atoms with Gasteiger partial charge < -0.3 is 14.6 Å². The summed E-state index contributed by atoms with van der Waals surface area (Å²) in [5.41, 5.74) is 0.932. The normalized spacial score (nSPS) is 20.1. The molecule has 1 aromatic carbocycles. The smallest absolute Gasteiger partial charge is 0.105 e. The summed E-state index contributed by atoms with van der Waals surface area (Å²) in [6, 6.07) is 9.75. The van der Waals surface area contributed by atoms with Gasteiger partial charge >= 0.3 is 0 Å². The van der Waals surface area contributed by atoms with E-state index >= 15 is 0 Å². The minimum atomic E-state index is -0.536. The van der Waals surface area contributed by atoms with E-state index in [0.717, 1.165) is 44.6 Å². The lowest BCUT2D eigenvalue weighted by Gasteiger charge is -2.27. The van der Waals surface area contributed by atoms with Gasteiger partial charge in [0.15, 0.2) is 0 Å². The first-order valence-corrected chi connectivity index (χ1v) is 7.23. The first-order valence-electron chi connectivity index (χ1n) is 7.23. The summed E-state index contributed by atoms with van der Waals surface area (Å²) in [5.74, 6) is 0.575.